The van der Waals surface area contributed by atoms with Crippen LogP contribution in [-0.4, -0.2) is 26.2 Å². The lowest BCUT2D eigenvalue weighted by atomic mass is 10.1. The number of carbonyl (C=O) groups is 1. The molecule has 1 amide bonds. The van der Waals surface area contributed by atoms with Crippen LogP contribution in [0.4, 0.5) is 0 Å². The van der Waals surface area contributed by atoms with Gasteiger partial charge in [0.2, 0.25) is 0 Å². The third-order valence-electron chi connectivity index (χ3n) is 4.21. The molecule has 4 aromatic rings. The molecule has 0 unspecified atom stereocenters. The van der Waals surface area contributed by atoms with E-state index < -0.39 is 5.91 Å². The molecule has 2 heterocycles. The first kappa shape index (κ1) is 14.2. The number of aryl methyl sites for hydroxylation is 1. The standard InChI is InChI=1S/C18H15N5O/c1-23-13-9-5-4-8-12(13)22-18(23)15(19)16-14(17(20)24)10-6-2-3-7-11(10)21-16/h2-9,19,21H,1H3,(H2,20,24). The molecule has 0 aliphatic carbocycles. The number of benzene rings is 2. The second-order valence-corrected chi connectivity index (χ2v) is 5.64. The molecule has 0 atom stereocenters. The molecule has 0 aliphatic rings. The Kier molecular flexibility index (Phi) is 2.99. The fourth-order valence-electron chi connectivity index (χ4n) is 3.07. The van der Waals surface area contributed by atoms with Crippen molar-refractivity contribution >= 4 is 33.6 Å². The van der Waals surface area contributed by atoms with Gasteiger partial charge in [-0.25, -0.2) is 4.98 Å². The summed E-state index contributed by atoms with van der Waals surface area (Å²) in [6.45, 7) is 0. The van der Waals surface area contributed by atoms with Crippen molar-refractivity contribution in [1.82, 2.24) is 14.5 Å². The van der Waals surface area contributed by atoms with Gasteiger partial charge >= 0.3 is 0 Å². The van der Waals surface area contributed by atoms with E-state index in [1.165, 1.54) is 0 Å². The number of nitrogens with zero attached hydrogens (tertiary/aromatic N) is 2. The van der Waals surface area contributed by atoms with Crippen LogP contribution in [0.2, 0.25) is 0 Å². The molecule has 4 N–H and O–H groups in total. The zero-order valence-electron chi connectivity index (χ0n) is 13.0. The van der Waals surface area contributed by atoms with Crippen LogP contribution in [0.1, 0.15) is 21.9 Å². The van der Waals surface area contributed by atoms with Crippen LogP contribution in [0.5, 0.6) is 0 Å². The van der Waals surface area contributed by atoms with E-state index in [1.54, 1.807) is 0 Å². The summed E-state index contributed by atoms with van der Waals surface area (Å²) >= 11 is 0. The zero-order valence-corrected chi connectivity index (χ0v) is 13.0. The molecule has 4 rings (SSSR count). The number of amides is 1. The molecular formula is C18H15N5O. The molecule has 24 heavy (non-hydrogen) atoms. The number of aromatic amines is 1. The van der Waals surface area contributed by atoms with Crippen LogP contribution < -0.4 is 5.73 Å². The van der Waals surface area contributed by atoms with Crippen LogP contribution in [0.15, 0.2) is 48.5 Å². The van der Waals surface area contributed by atoms with Gasteiger partial charge in [-0.15, -0.1) is 0 Å². The van der Waals surface area contributed by atoms with Gasteiger partial charge in [-0.2, -0.15) is 0 Å². The van der Waals surface area contributed by atoms with Crippen molar-refractivity contribution in [2.45, 2.75) is 0 Å². The van der Waals surface area contributed by atoms with Crippen LogP contribution in [0.25, 0.3) is 21.9 Å². The van der Waals surface area contributed by atoms with Gasteiger partial charge in [-0.1, -0.05) is 30.3 Å². The third kappa shape index (κ3) is 1.93. The first-order valence-corrected chi connectivity index (χ1v) is 7.49. The highest BCUT2D eigenvalue weighted by Gasteiger charge is 2.23. The molecule has 118 valence electrons. The number of hydrogen-bond acceptors (Lipinski definition) is 3. The van der Waals surface area contributed by atoms with E-state index in [4.69, 9.17) is 11.1 Å². The number of para-hydroxylation sites is 3. The second-order valence-electron chi connectivity index (χ2n) is 5.64. The highest BCUT2D eigenvalue weighted by Crippen LogP contribution is 2.25. The summed E-state index contributed by atoms with van der Waals surface area (Å²) in [4.78, 5) is 19.6. The van der Waals surface area contributed by atoms with E-state index in [9.17, 15) is 4.79 Å². The van der Waals surface area contributed by atoms with E-state index in [1.807, 2.05) is 60.1 Å². The van der Waals surface area contributed by atoms with E-state index in [2.05, 4.69) is 9.97 Å². The maximum atomic E-state index is 12.0. The Morgan fingerprint density at radius 1 is 1.17 bits per heavy atom. The zero-order chi connectivity index (χ0) is 16.8. The molecule has 0 saturated heterocycles. The summed E-state index contributed by atoms with van der Waals surface area (Å²) in [6.07, 6.45) is 0. The Morgan fingerprint density at radius 3 is 2.62 bits per heavy atom. The molecule has 2 aromatic carbocycles. The van der Waals surface area contributed by atoms with E-state index in [0.29, 0.717) is 22.5 Å². The van der Waals surface area contributed by atoms with Gasteiger partial charge in [0.25, 0.3) is 5.91 Å². The Bertz CT molecular complexity index is 1120. The molecular weight excluding hydrogens is 302 g/mol. The number of imidazole rings is 1. The minimum Gasteiger partial charge on any atom is -0.366 e. The fourth-order valence-corrected chi connectivity index (χ4v) is 3.07. The Hall–Kier alpha value is -3.41. The minimum atomic E-state index is -0.564. The number of rotatable bonds is 3. The monoisotopic (exact) mass is 317 g/mol. The van der Waals surface area contributed by atoms with Crippen molar-refractivity contribution in [2.24, 2.45) is 12.8 Å². The Balaban J connectivity index is 1.96. The van der Waals surface area contributed by atoms with Gasteiger partial charge in [-0.3, -0.25) is 10.2 Å². The van der Waals surface area contributed by atoms with E-state index >= 15 is 0 Å². The molecule has 0 aliphatic heterocycles. The molecule has 0 fully saturated rings. The number of hydrogen-bond donors (Lipinski definition) is 3. The van der Waals surface area contributed by atoms with Crippen LogP contribution >= 0.6 is 0 Å². The summed E-state index contributed by atoms with van der Waals surface area (Å²) in [5.74, 6) is -0.0868. The van der Waals surface area contributed by atoms with Crippen molar-refractivity contribution in [3.8, 4) is 0 Å². The summed E-state index contributed by atoms with van der Waals surface area (Å²) in [5, 5.41) is 9.30. The third-order valence-corrected chi connectivity index (χ3v) is 4.21. The minimum absolute atomic E-state index is 0.138. The number of primary amides is 1. The van der Waals surface area contributed by atoms with Gasteiger partial charge in [0.05, 0.1) is 22.3 Å². The molecule has 0 saturated carbocycles. The van der Waals surface area contributed by atoms with E-state index in [0.717, 1.165) is 16.6 Å². The van der Waals surface area contributed by atoms with Crippen molar-refractivity contribution in [2.75, 3.05) is 0 Å². The van der Waals surface area contributed by atoms with Gasteiger partial charge in [0, 0.05) is 18.0 Å². The number of nitrogens with two attached hydrogens (primary N) is 1. The Labute approximate surface area is 137 Å². The van der Waals surface area contributed by atoms with Gasteiger partial charge in [0.15, 0.2) is 5.82 Å². The summed E-state index contributed by atoms with van der Waals surface area (Å²) in [6, 6.07) is 15.0. The SMILES string of the molecule is Cn1c(C(=N)c2[nH]c3ccccc3c2C(N)=O)nc2ccccc21. The lowest BCUT2D eigenvalue weighted by molar-refractivity contribution is 0.100. The molecule has 0 radical (unpaired) electrons. The van der Waals surface area contributed by atoms with Crippen molar-refractivity contribution in [3.05, 3.63) is 65.6 Å². The van der Waals surface area contributed by atoms with Crippen LogP contribution in [0.3, 0.4) is 0 Å². The maximum absolute atomic E-state index is 12.0. The average molecular weight is 317 g/mol. The van der Waals surface area contributed by atoms with Crippen molar-refractivity contribution in [1.29, 1.82) is 5.41 Å². The largest absolute Gasteiger partial charge is 0.366 e. The molecule has 0 spiro atoms. The van der Waals surface area contributed by atoms with Crippen molar-refractivity contribution in [3.63, 3.8) is 0 Å². The Morgan fingerprint density at radius 2 is 1.88 bits per heavy atom. The van der Waals surface area contributed by atoms with Crippen LogP contribution in [-0.2, 0) is 7.05 Å². The lowest BCUT2D eigenvalue weighted by Crippen LogP contribution is -2.18. The number of H-pyrrole nitrogens is 1. The first-order valence-electron chi connectivity index (χ1n) is 7.49. The molecule has 6 heteroatoms. The van der Waals surface area contributed by atoms with E-state index in [-0.39, 0.29) is 5.71 Å². The smallest absolute Gasteiger partial charge is 0.251 e. The predicted molar refractivity (Wildman–Crippen MR) is 93.5 cm³/mol. The maximum Gasteiger partial charge on any atom is 0.251 e. The summed E-state index contributed by atoms with van der Waals surface area (Å²) in [7, 11) is 1.85. The lowest BCUT2D eigenvalue weighted by Gasteiger charge is -2.05. The van der Waals surface area contributed by atoms with Gasteiger partial charge in [-0.05, 0) is 18.2 Å². The number of aromatic nitrogens is 3. The highest BCUT2D eigenvalue weighted by molar-refractivity contribution is 6.20. The summed E-state index contributed by atoms with van der Waals surface area (Å²) in [5.41, 5.74) is 8.92. The molecule has 2 aromatic heterocycles. The molecule has 0 bridgehead atoms. The molecule has 6 nitrogen and oxygen atoms in total. The highest BCUT2D eigenvalue weighted by atomic mass is 16.1. The number of fused-ring (bicyclic) bond motifs is 2. The number of carbonyl (C=O) groups excluding carboxylic acids is 1. The normalized spacial score (nSPS) is 11.2. The fraction of sp³-hybridized carbons (Fsp3) is 0.0556. The van der Waals surface area contributed by atoms with Gasteiger partial charge in [0.1, 0.15) is 5.71 Å². The van der Waals surface area contributed by atoms with Crippen molar-refractivity contribution < 1.29 is 4.79 Å². The van der Waals surface area contributed by atoms with Crippen LogP contribution in [0, 0.1) is 5.41 Å². The quantitative estimate of drug-likeness (QED) is 0.506. The first-order chi connectivity index (χ1) is 11.6. The number of nitrogens with one attached hydrogen (secondary N) is 2. The summed E-state index contributed by atoms with van der Waals surface area (Å²) < 4.78 is 1.84. The average Bonchev–Trinajstić information content (AvgIpc) is 3.13. The predicted octanol–water partition coefficient (Wildman–Crippen LogP) is 2.57. The second kappa shape index (κ2) is 5.06. The van der Waals surface area contributed by atoms with Gasteiger partial charge < -0.3 is 15.3 Å². The topological polar surface area (TPSA) is 101 Å².